The Labute approximate surface area is 173 Å². The first-order valence-electron chi connectivity index (χ1n) is 9.83. The summed E-state index contributed by atoms with van der Waals surface area (Å²) in [6.07, 6.45) is -1.40. The highest BCUT2D eigenvalue weighted by molar-refractivity contribution is 6.74. The van der Waals surface area contributed by atoms with E-state index in [1.165, 1.54) is 0 Å². The number of aliphatic hydroxyl groups is 1. The molecule has 1 saturated heterocycles. The van der Waals surface area contributed by atoms with Crippen LogP contribution in [-0.4, -0.2) is 42.7 Å². The summed E-state index contributed by atoms with van der Waals surface area (Å²) < 4.78 is 40.2. The zero-order valence-electron chi connectivity index (χ0n) is 18.6. The first-order valence-corrected chi connectivity index (χ1v) is 12.7. The van der Waals surface area contributed by atoms with Gasteiger partial charge in [-0.3, -0.25) is 4.90 Å². The Bertz CT molecular complexity index is 773. The highest BCUT2D eigenvalue weighted by Gasteiger charge is 2.53. The Morgan fingerprint density at radius 1 is 1.21 bits per heavy atom. The molecule has 164 valence electrons. The van der Waals surface area contributed by atoms with Crippen molar-refractivity contribution < 1.29 is 27.8 Å². The van der Waals surface area contributed by atoms with E-state index in [0.29, 0.717) is 0 Å². The number of likely N-dealkylation sites (tertiary alicyclic amines) is 1. The van der Waals surface area contributed by atoms with Crippen molar-refractivity contribution in [2.24, 2.45) is 0 Å². The molecule has 1 amide bonds. The molecule has 1 fully saturated rings. The van der Waals surface area contributed by atoms with Gasteiger partial charge in [0.1, 0.15) is 17.2 Å². The van der Waals surface area contributed by atoms with Gasteiger partial charge in [0, 0.05) is 12.0 Å². The van der Waals surface area contributed by atoms with Crippen LogP contribution >= 0.6 is 0 Å². The standard InChI is InChI=1S/C21H33F2NO4Si/c1-19(2,3)27-18(25)24-13-15(28-29(7,8)20(4,5)6)12-21(24,26)16-11-14(22)9-10-17(16)23/h9-11,15,26H,12-13H2,1-8H3. The smallest absolute Gasteiger partial charge is 0.412 e. The second kappa shape index (κ2) is 7.63. The predicted molar refractivity (Wildman–Crippen MR) is 110 cm³/mol. The number of halogens is 2. The molecule has 0 aromatic heterocycles. The van der Waals surface area contributed by atoms with Gasteiger partial charge in [-0.2, -0.15) is 0 Å². The molecule has 2 rings (SSSR count). The summed E-state index contributed by atoms with van der Waals surface area (Å²) in [7, 11) is -2.23. The van der Waals surface area contributed by atoms with E-state index < -0.39 is 43.5 Å². The third kappa shape index (κ3) is 5.16. The van der Waals surface area contributed by atoms with Gasteiger partial charge < -0.3 is 14.3 Å². The van der Waals surface area contributed by atoms with Crippen molar-refractivity contribution in [3.63, 3.8) is 0 Å². The number of hydrogen-bond donors (Lipinski definition) is 1. The Hall–Kier alpha value is -1.51. The molecule has 2 unspecified atom stereocenters. The number of carbonyl (C=O) groups is 1. The number of nitrogens with zero attached hydrogens (tertiary/aromatic N) is 1. The summed E-state index contributed by atoms with van der Waals surface area (Å²) in [5.41, 5.74) is -3.18. The largest absolute Gasteiger partial charge is 0.444 e. The molecule has 29 heavy (non-hydrogen) atoms. The molecule has 1 N–H and O–H groups in total. The average molecular weight is 430 g/mol. The SMILES string of the molecule is CC(C)(C)OC(=O)N1CC(O[Si](C)(C)C(C)(C)C)CC1(O)c1cc(F)ccc1F. The summed E-state index contributed by atoms with van der Waals surface area (Å²) in [4.78, 5) is 13.9. The van der Waals surface area contributed by atoms with Crippen LogP contribution in [0.15, 0.2) is 18.2 Å². The van der Waals surface area contributed by atoms with Crippen molar-refractivity contribution in [3.8, 4) is 0 Å². The van der Waals surface area contributed by atoms with Crippen molar-refractivity contribution >= 4 is 14.4 Å². The molecule has 1 heterocycles. The third-order valence-electron chi connectivity index (χ3n) is 5.59. The minimum Gasteiger partial charge on any atom is -0.444 e. The molecule has 0 saturated carbocycles. The molecule has 0 aliphatic carbocycles. The molecule has 0 bridgehead atoms. The van der Waals surface area contributed by atoms with Crippen molar-refractivity contribution in [2.75, 3.05) is 6.54 Å². The first-order chi connectivity index (χ1) is 13.0. The maximum atomic E-state index is 14.6. The summed E-state index contributed by atoms with van der Waals surface area (Å²) in [6, 6.07) is 2.83. The number of hydrogen-bond acceptors (Lipinski definition) is 4. The fourth-order valence-electron chi connectivity index (χ4n) is 3.12. The van der Waals surface area contributed by atoms with Crippen LogP contribution in [0.4, 0.5) is 13.6 Å². The summed E-state index contributed by atoms with van der Waals surface area (Å²) in [5, 5.41) is 11.3. The van der Waals surface area contributed by atoms with E-state index in [2.05, 4.69) is 33.9 Å². The maximum Gasteiger partial charge on any atom is 0.412 e. The van der Waals surface area contributed by atoms with Crippen LogP contribution in [0.1, 0.15) is 53.5 Å². The number of amides is 1. The summed E-state index contributed by atoms with van der Waals surface area (Å²) >= 11 is 0. The molecule has 8 heteroatoms. The summed E-state index contributed by atoms with van der Waals surface area (Å²) in [6.45, 7) is 15.5. The van der Waals surface area contributed by atoms with Gasteiger partial charge in [0.05, 0.1) is 12.6 Å². The fourth-order valence-corrected chi connectivity index (χ4v) is 4.47. The Balaban J connectivity index is 2.45. The molecule has 2 atom stereocenters. The van der Waals surface area contributed by atoms with Crippen molar-refractivity contribution in [1.82, 2.24) is 4.90 Å². The third-order valence-corrected chi connectivity index (χ3v) is 10.1. The van der Waals surface area contributed by atoms with Crippen LogP contribution in [0.25, 0.3) is 0 Å². The second-order valence-electron chi connectivity index (χ2n) is 10.2. The normalized spacial score (nSPS) is 23.4. The molecule has 5 nitrogen and oxygen atoms in total. The molecular weight excluding hydrogens is 396 g/mol. The minimum atomic E-state index is -2.23. The van der Waals surface area contributed by atoms with E-state index in [1.54, 1.807) is 20.8 Å². The molecule has 1 aliphatic rings. The molecule has 0 spiro atoms. The quantitative estimate of drug-likeness (QED) is 0.676. The second-order valence-corrected chi connectivity index (χ2v) is 15.0. The van der Waals surface area contributed by atoms with Gasteiger partial charge in [0.25, 0.3) is 0 Å². The van der Waals surface area contributed by atoms with E-state index >= 15 is 0 Å². The Morgan fingerprint density at radius 2 is 1.79 bits per heavy atom. The monoisotopic (exact) mass is 429 g/mol. The zero-order valence-corrected chi connectivity index (χ0v) is 19.6. The van der Waals surface area contributed by atoms with Crippen LogP contribution in [0.5, 0.6) is 0 Å². The number of ether oxygens (including phenoxy) is 1. The Kier molecular flexibility index (Phi) is 6.25. The van der Waals surface area contributed by atoms with Gasteiger partial charge in [0.2, 0.25) is 0 Å². The van der Waals surface area contributed by atoms with Crippen molar-refractivity contribution in [1.29, 1.82) is 0 Å². The minimum absolute atomic E-state index is 0.0217. The Morgan fingerprint density at radius 3 is 2.31 bits per heavy atom. The van der Waals surface area contributed by atoms with Gasteiger partial charge in [-0.1, -0.05) is 20.8 Å². The lowest BCUT2D eigenvalue weighted by molar-refractivity contribution is -0.0920. The average Bonchev–Trinajstić information content (AvgIpc) is 2.84. The van der Waals surface area contributed by atoms with E-state index in [-0.39, 0.29) is 23.6 Å². The fraction of sp³-hybridized carbons (Fsp3) is 0.667. The molecule has 1 aromatic carbocycles. The highest BCUT2D eigenvalue weighted by Crippen LogP contribution is 2.44. The van der Waals surface area contributed by atoms with Crippen LogP contribution < -0.4 is 0 Å². The van der Waals surface area contributed by atoms with Crippen LogP contribution in [-0.2, 0) is 14.9 Å². The van der Waals surface area contributed by atoms with Crippen LogP contribution in [0.2, 0.25) is 18.1 Å². The molecule has 1 aromatic rings. The van der Waals surface area contributed by atoms with Gasteiger partial charge in [-0.05, 0) is 57.1 Å². The van der Waals surface area contributed by atoms with Crippen LogP contribution in [0.3, 0.4) is 0 Å². The number of rotatable bonds is 3. The van der Waals surface area contributed by atoms with Crippen LogP contribution in [0, 0.1) is 11.6 Å². The van der Waals surface area contributed by atoms with Gasteiger partial charge in [0.15, 0.2) is 14.0 Å². The number of benzene rings is 1. The predicted octanol–water partition coefficient (Wildman–Crippen LogP) is 5.14. The maximum absolute atomic E-state index is 14.6. The lowest BCUT2D eigenvalue weighted by atomic mass is 9.98. The molecule has 0 radical (unpaired) electrons. The molecule has 1 aliphatic heterocycles. The van der Waals surface area contributed by atoms with E-state index in [9.17, 15) is 18.7 Å². The van der Waals surface area contributed by atoms with E-state index in [4.69, 9.17) is 9.16 Å². The topological polar surface area (TPSA) is 59.0 Å². The zero-order chi connectivity index (χ0) is 22.4. The lowest BCUT2D eigenvalue weighted by Gasteiger charge is -2.38. The van der Waals surface area contributed by atoms with E-state index in [0.717, 1.165) is 23.1 Å². The molecular formula is C21H33F2NO4Si. The van der Waals surface area contributed by atoms with E-state index in [1.807, 2.05) is 0 Å². The highest BCUT2D eigenvalue weighted by atomic mass is 28.4. The van der Waals surface area contributed by atoms with Gasteiger partial charge in [-0.25, -0.2) is 13.6 Å². The lowest BCUT2D eigenvalue weighted by Crippen LogP contribution is -2.48. The van der Waals surface area contributed by atoms with Gasteiger partial charge in [-0.15, -0.1) is 0 Å². The van der Waals surface area contributed by atoms with Gasteiger partial charge >= 0.3 is 6.09 Å². The van der Waals surface area contributed by atoms with Crippen molar-refractivity contribution in [2.45, 2.75) is 83.5 Å². The number of carbonyl (C=O) groups excluding carboxylic acids is 1. The summed E-state index contributed by atoms with van der Waals surface area (Å²) in [5.74, 6) is -1.50. The van der Waals surface area contributed by atoms with Crippen molar-refractivity contribution in [3.05, 3.63) is 35.4 Å². The first kappa shape index (κ1) is 23.8.